The van der Waals surface area contributed by atoms with E-state index in [2.05, 4.69) is 4.98 Å². The molecule has 0 amide bonds. The Bertz CT molecular complexity index is 1100. The van der Waals surface area contributed by atoms with E-state index in [4.69, 9.17) is 12.2 Å². The van der Waals surface area contributed by atoms with Gasteiger partial charge in [-0.05, 0) is 42.7 Å². The third-order valence-electron chi connectivity index (χ3n) is 3.71. The molecule has 4 rings (SSSR count). The molecule has 0 fully saturated rings. The molecule has 0 saturated carbocycles. The molecule has 3 heterocycles. The van der Waals surface area contributed by atoms with Crippen molar-refractivity contribution in [1.29, 1.82) is 0 Å². The first-order chi connectivity index (χ1) is 11.1. The van der Waals surface area contributed by atoms with Crippen LogP contribution in [0, 0.1) is 11.7 Å². The number of thiophene rings is 2. The highest BCUT2D eigenvalue weighted by Crippen LogP contribution is 2.33. The second-order valence-electron chi connectivity index (χ2n) is 5.24. The third-order valence-corrected chi connectivity index (χ3v) is 5.79. The molecule has 0 aliphatic rings. The Kier molecular flexibility index (Phi) is 3.52. The Morgan fingerprint density at radius 3 is 2.61 bits per heavy atom. The average molecular weight is 356 g/mol. The summed E-state index contributed by atoms with van der Waals surface area (Å²) in [6, 6.07) is 11.8. The molecule has 4 aromatic rings. The van der Waals surface area contributed by atoms with E-state index in [9.17, 15) is 4.79 Å². The van der Waals surface area contributed by atoms with Crippen LogP contribution in [0.2, 0.25) is 0 Å². The van der Waals surface area contributed by atoms with E-state index < -0.39 is 0 Å². The van der Waals surface area contributed by atoms with Gasteiger partial charge in [0, 0.05) is 15.8 Å². The first kappa shape index (κ1) is 14.6. The summed E-state index contributed by atoms with van der Waals surface area (Å²) >= 11 is 8.56. The molecular weight excluding hydrogens is 344 g/mol. The normalized spacial score (nSPS) is 11.2. The molecule has 0 atom stereocenters. The van der Waals surface area contributed by atoms with Crippen molar-refractivity contribution in [2.24, 2.45) is 0 Å². The highest BCUT2D eigenvalue weighted by molar-refractivity contribution is 7.71. The van der Waals surface area contributed by atoms with Gasteiger partial charge in [-0.25, -0.2) is 0 Å². The van der Waals surface area contributed by atoms with Crippen LogP contribution >= 0.6 is 34.9 Å². The molecule has 3 aromatic heterocycles. The molecule has 0 aliphatic carbocycles. The first-order valence-corrected chi connectivity index (χ1v) is 9.19. The molecule has 0 spiro atoms. The molecule has 0 aliphatic heterocycles. The quantitative estimate of drug-likeness (QED) is 0.505. The molecule has 3 nitrogen and oxygen atoms in total. The van der Waals surface area contributed by atoms with E-state index >= 15 is 0 Å². The summed E-state index contributed by atoms with van der Waals surface area (Å²) in [6.45, 7) is 2.02. The van der Waals surface area contributed by atoms with Crippen molar-refractivity contribution in [3.8, 4) is 16.1 Å². The minimum Gasteiger partial charge on any atom is -0.323 e. The van der Waals surface area contributed by atoms with E-state index in [1.54, 1.807) is 15.9 Å². The number of benzene rings is 1. The Hall–Kier alpha value is -2.02. The SMILES string of the molecule is Cc1ccc(-n2c(=S)[nH]c3scc(-c4cccs4)c3c2=O)cc1. The maximum Gasteiger partial charge on any atom is 0.268 e. The molecule has 1 aromatic carbocycles. The number of nitrogens with zero attached hydrogens (tertiary/aromatic N) is 1. The Balaban J connectivity index is 2.06. The van der Waals surface area contributed by atoms with Crippen molar-refractivity contribution >= 4 is 45.1 Å². The number of fused-ring (bicyclic) bond motifs is 1. The number of nitrogens with one attached hydrogen (secondary N) is 1. The van der Waals surface area contributed by atoms with Gasteiger partial charge in [0.05, 0.1) is 11.1 Å². The van der Waals surface area contributed by atoms with E-state index in [0.29, 0.717) is 10.2 Å². The molecule has 1 N–H and O–H groups in total. The monoisotopic (exact) mass is 356 g/mol. The van der Waals surface area contributed by atoms with Gasteiger partial charge in [-0.2, -0.15) is 0 Å². The van der Waals surface area contributed by atoms with Crippen LogP contribution in [0.5, 0.6) is 0 Å². The summed E-state index contributed by atoms with van der Waals surface area (Å²) in [4.78, 5) is 18.2. The Morgan fingerprint density at radius 1 is 1.13 bits per heavy atom. The van der Waals surface area contributed by atoms with Crippen molar-refractivity contribution in [1.82, 2.24) is 9.55 Å². The fourth-order valence-corrected chi connectivity index (χ4v) is 4.69. The molecule has 0 saturated heterocycles. The lowest BCUT2D eigenvalue weighted by molar-refractivity contribution is 0.943. The summed E-state index contributed by atoms with van der Waals surface area (Å²) in [5.74, 6) is 0. The average Bonchev–Trinajstić information content (AvgIpc) is 3.17. The van der Waals surface area contributed by atoms with E-state index in [1.165, 1.54) is 11.3 Å². The van der Waals surface area contributed by atoms with Crippen LogP contribution < -0.4 is 5.56 Å². The molecule has 6 heteroatoms. The molecule has 0 bridgehead atoms. The number of H-pyrrole nitrogens is 1. The standard InChI is InChI=1S/C17H12N2OS3/c1-10-4-6-11(7-5-10)19-16(20)14-12(13-3-2-8-22-13)9-23-15(14)18-17(19)21/h2-9H,1H3,(H,18,21). The number of hydrogen-bond donors (Lipinski definition) is 1. The van der Waals surface area contributed by atoms with Gasteiger partial charge in [0.25, 0.3) is 5.56 Å². The van der Waals surface area contributed by atoms with Crippen LogP contribution in [-0.4, -0.2) is 9.55 Å². The topological polar surface area (TPSA) is 37.8 Å². The van der Waals surface area contributed by atoms with Gasteiger partial charge in [0.15, 0.2) is 4.77 Å². The van der Waals surface area contributed by atoms with Gasteiger partial charge in [0.2, 0.25) is 0 Å². The number of aromatic nitrogens is 2. The summed E-state index contributed by atoms with van der Waals surface area (Å²) in [5.41, 5.74) is 2.83. The fraction of sp³-hybridized carbons (Fsp3) is 0.0588. The third kappa shape index (κ3) is 2.39. The predicted molar refractivity (Wildman–Crippen MR) is 101 cm³/mol. The Labute approximate surface area is 145 Å². The number of rotatable bonds is 2. The van der Waals surface area contributed by atoms with E-state index in [-0.39, 0.29) is 5.56 Å². The zero-order valence-electron chi connectivity index (χ0n) is 12.2. The Morgan fingerprint density at radius 2 is 1.91 bits per heavy atom. The maximum atomic E-state index is 13.1. The summed E-state index contributed by atoms with van der Waals surface area (Å²) in [6.07, 6.45) is 0. The molecule has 0 unspecified atom stereocenters. The van der Waals surface area contributed by atoms with Crippen LogP contribution in [0.3, 0.4) is 0 Å². The lowest BCUT2D eigenvalue weighted by Gasteiger charge is -2.07. The molecule has 0 radical (unpaired) electrons. The largest absolute Gasteiger partial charge is 0.323 e. The van der Waals surface area contributed by atoms with Crippen molar-refractivity contribution in [3.63, 3.8) is 0 Å². The van der Waals surface area contributed by atoms with Crippen LogP contribution in [0.25, 0.3) is 26.3 Å². The van der Waals surface area contributed by atoms with Crippen molar-refractivity contribution < 1.29 is 0 Å². The first-order valence-electron chi connectivity index (χ1n) is 7.02. The summed E-state index contributed by atoms with van der Waals surface area (Å²) < 4.78 is 1.99. The van der Waals surface area contributed by atoms with Crippen LogP contribution in [0.1, 0.15) is 5.56 Å². The molecule has 114 valence electrons. The highest BCUT2D eigenvalue weighted by Gasteiger charge is 2.15. The molecular formula is C17H12N2OS3. The van der Waals surface area contributed by atoms with Gasteiger partial charge in [0.1, 0.15) is 4.83 Å². The zero-order valence-corrected chi connectivity index (χ0v) is 14.6. The number of aryl methyl sites for hydroxylation is 1. The van der Waals surface area contributed by atoms with Gasteiger partial charge < -0.3 is 4.98 Å². The lowest BCUT2D eigenvalue weighted by Crippen LogP contribution is -2.20. The second-order valence-corrected chi connectivity index (χ2v) is 7.45. The van der Waals surface area contributed by atoms with Gasteiger partial charge in [-0.15, -0.1) is 22.7 Å². The van der Waals surface area contributed by atoms with Crippen molar-refractivity contribution in [3.05, 3.63) is 67.8 Å². The van der Waals surface area contributed by atoms with Crippen molar-refractivity contribution in [2.75, 3.05) is 0 Å². The van der Waals surface area contributed by atoms with Crippen molar-refractivity contribution in [2.45, 2.75) is 6.92 Å². The highest BCUT2D eigenvalue weighted by atomic mass is 32.1. The second kappa shape index (κ2) is 5.56. The van der Waals surface area contributed by atoms with E-state index in [1.807, 2.05) is 54.1 Å². The van der Waals surface area contributed by atoms with Gasteiger partial charge in [-0.1, -0.05) is 23.8 Å². The van der Waals surface area contributed by atoms with Gasteiger partial charge >= 0.3 is 0 Å². The van der Waals surface area contributed by atoms with E-state index in [0.717, 1.165) is 26.5 Å². The van der Waals surface area contributed by atoms with Crippen LogP contribution in [0.15, 0.2) is 52.0 Å². The van der Waals surface area contributed by atoms with Crippen LogP contribution in [0.4, 0.5) is 0 Å². The van der Waals surface area contributed by atoms with Gasteiger partial charge in [-0.3, -0.25) is 9.36 Å². The maximum absolute atomic E-state index is 13.1. The minimum absolute atomic E-state index is 0.0720. The summed E-state index contributed by atoms with van der Waals surface area (Å²) in [7, 11) is 0. The predicted octanol–water partition coefficient (Wildman–Crippen LogP) is 5.15. The van der Waals surface area contributed by atoms with Crippen LogP contribution in [-0.2, 0) is 0 Å². The lowest BCUT2D eigenvalue weighted by atomic mass is 10.2. The summed E-state index contributed by atoms with van der Waals surface area (Å²) in [5, 5.41) is 4.73. The smallest absolute Gasteiger partial charge is 0.268 e. The molecule has 23 heavy (non-hydrogen) atoms. The number of hydrogen-bond acceptors (Lipinski definition) is 4. The number of aromatic amines is 1. The minimum atomic E-state index is -0.0720. The zero-order chi connectivity index (χ0) is 16.0. The fourth-order valence-electron chi connectivity index (χ4n) is 2.56.